The normalized spacial score (nSPS) is 13.0. The van der Waals surface area contributed by atoms with Crippen molar-refractivity contribution in [1.29, 1.82) is 0 Å². The van der Waals surface area contributed by atoms with Gasteiger partial charge in [-0.25, -0.2) is 8.42 Å². The monoisotopic (exact) mass is 597 g/mol. The first-order chi connectivity index (χ1) is 20.2. The molecular formula is C30H35N3O8S. The Morgan fingerprint density at radius 1 is 0.881 bits per heavy atom. The van der Waals surface area contributed by atoms with E-state index in [0.717, 1.165) is 28.4 Å². The number of likely N-dealkylation sites (tertiary alicyclic amines) is 1. The number of carbonyl (C=O) groups excluding carboxylic acids is 2. The van der Waals surface area contributed by atoms with Crippen LogP contribution in [0.1, 0.15) is 24.0 Å². The van der Waals surface area contributed by atoms with Gasteiger partial charge >= 0.3 is 0 Å². The van der Waals surface area contributed by atoms with E-state index < -0.39 is 22.5 Å². The van der Waals surface area contributed by atoms with E-state index in [9.17, 15) is 18.0 Å². The highest BCUT2D eigenvalue weighted by Crippen LogP contribution is 2.37. The van der Waals surface area contributed by atoms with Crippen LogP contribution in [0.4, 0.5) is 5.69 Å². The highest BCUT2D eigenvalue weighted by Gasteiger charge is 2.31. The Bertz CT molecular complexity index is 1540. The Balaban J connectivity index is 1.60. The predicted molar refractivity (Wildman–Crippen MR) is 157 cm³/mol. The minimum Gasteiger partial charge on any atom is -0.497 e. The van der Waals surface area contributed by atoms with Crippen LogP contribution in [0.5, 0.6) is 23.0 Å². The largest absolute Gasteiger partial charge is 0.497 e. The van der Waals surface area contributed by atoms with Gasteiger partial charge in [0.25, 0.3) is 10.0 Å². The number of rotatable bonds is 13. The number of amides is 2. The van der Waals surface area contributed by atoms with Crippen molar-refractivity contribution in [2.45, 2.75) is 30.8 Å². The van der Waals surface area contributed by atoms with Crippen molar-refractivity contribution in [2.75, 3.05) is 45.8 Å². The first kappa shape index (κ1) is 30.5. The summed E-state index contributed by atoms with van der Waals surface area (Å²) in [5.41, 5.74) is 1.90. The summed E-state index contributed by atoms with van der Waals surface area (Å²) in [7, 11) is 1.42. The molecule has 0 aromatic heterocycles. The van der Waals surface area contributed by atoms with Crippen molar-refractivity contribution in [3.05, 3.63) is 71.8 Å². The van der Waals surface area contributed by atoms with Gasteiger partial charge in [-0.05, 0) is 41.8 Å². The zero-order valence-corrected chi connectivity index (χ0v) is 24.9. The van der Waals surface area contributed by atoms with Crippen LogP contribution in [0.2, 0.25) is 0 Å². The van der Waals surface area contributed by atoms with Crippen LogP contribution in [-0.2, 0) is 32.7 Å². The molecule has 1 saturated heterocycles. The van der Waals surface area contributed by atoms with Gasteiger partial charge in [-0.1, -0.05) is 24.3 Å². The van der Waals surface area contributed by atoms with Gasteiger partial charge in [0, 0.05) is 38.2 Å². The number of anilines is 1. The lowest BCUT2D eigenvalue weighted by Gasteiger charge is -2.26. The molecule has 1 fully saturated rings. The summed E-state index contributed by atoms with van der Waals surface area (Å²) in [6.07, 6.45) is 1.42. The van der Waals surface area contributed by atoms with Crippen molar-refractivity contribution >= 4 is 27.5 Å². The molecule has 11 nitrogen and oxygen atoms in total. The maximum atomic E-state index is 14.0. The number of hydrogen-bond donors (Lipinski definition) is 1. The Morgan fingerprint density at radius 3 is 2.26 bits per heavy atom. The van der Waals surface area contributed by atoms with Crippen LogP contribution in [0.3, 0.4) is 0 Å². The van der Waals surface area contributed by atoms with Crippen molar-refractivity contribution in [3.8, 4) is 23.0 Å². The number of nitrogens with zero attached hydrogens (tertiary/aromatic N) is 2. The van der Waals surface area contributed by atoms with Crippen molar-refractivity contribution in [2.24, 2.45) is 0 Å². The first-order valence-electron chi connectivity index (χ1n) is 13.3. The first-order valence-corrected chi connectivity index (χ1v) is 14.7. The number of sulfonamides is 1. The molecule has 2 amide bonds. The molecule has 12 heteroatoms. The number of methoxy groups -OCH3 is 4. The topological polar surface area (TPSA) is 124 Å². The molecule has 1 aliphatic heterocycles. The molecule has 0 radical (unpaired) electrons. The van der Waals surface area contributed by atoms with E-state index in [1.165, 1.54) is 52.7 Å². The van der Waals surface area contributed by atoms with Crippen molar-refractivity contribution in [1.82, 2.24) is 10.2 Å². The molecule has 3 aromatic rings. The summed E-state index contributed by atoms with van der Waals surface area (Å²) in [6, 6.07) is 16.5. The summed E-state index contributed by atoms with van der Waals surface area (Å²) in [6.45, 7) is 0.869. The van der Waals surface area contributed by atoms with E-state index in [1.807, 2.05) is 29.2 Å². The Labute approximate surface area is 246 Å². The zero-order chi connectivity index (χ0) is 30.3. The number of ether oxygens (including phenoxy) is 4. The average molecular weight is 598 g/mol. The smallest absolute Gasteiger partial charge is 0.265 e. The maximum Gasteiger partial charge on any atom is 0.265 e. The molecule has 1 heterocycles. The fraction of sp³-hybridized carbons (Fsp3) is 0.333. The second kappa shape index (κ2) is 13.5. The number of carbonyl (C=O) groups is 2. The fourth-order valence-electron chi connectivity index (χ4n) is 4.71. The Hall–Kier alpha value is -4.45. The van der Waals surface area contributed by atoms with Crippen LogP contribution in [0, 0.1) is 0 Å². The molecule has 0 unspecified atom stereocenters. The Morgan fingerprint density at radius 2 is 1.60 bits per heavy atom. The quantitative estimate of drug-likeness (QED) is 0.318. The molecule has 0 spiro atoms. The number of hydrogen-bond acceptors (Lipinski definition) is 8. The highest BCUT2D eigenvalue weighted by molar-refractivity contribution is 7.92. The minimum atomic E-state index is -4.31. The molecule has 3 aromatic carbocycles. The van der Waals surface area contributed by atoms with E-state index in [0.29, 0.717) is 24.5 Å². The lowest BCUT2D eigenvalue weighted by atomic mass is 10.1. The molecule has 1 N–H and O–H groups in total. The second-order valence-corrected chi connectivity index (χ2v) is 11.4. The van der Waals surface area contributed by atoms with Gasteiger partial charge in [0.15, 0.2) is 11.5 Å². The van der Waals surface area contributed by atoms with Gasteiger partial charge in [-0.3, -0.25) is 13.9 Å². The van der Waals surface area contributed by atoms with E-state index in [-0.39, 0.29) is 34.5 Å². The van der Waals surface area contributed by atoms with Gasteiger partial charge < -0.3 is 29.2 Å². The van der Waals surface area contributed by atoms with Gasteiger partial charge in [0.05, 0.1) is 39.0 Å². The standard InChI is InChI=1S/C30H35N3O8S/c1-38-23-10-12-26(39-2)25(16-23)33(42(36,37)24-11-13-27(40-3)28(17-24)41-4)20-29(34)31-18-21-7-5-8-22(15-21)19-32-14-6-9-30(32)35/h5,7-8,10-13,15-17H,6,9,14,18-20H2,1-4H3,(H,31,34). The molecule has 224 valence electrons. The molecule has 42 heavy (non-hydrogen) atoms. The molecular weight excluding hydrogens is 562 g/mol. The van der Waals surface area contributed by atoms with Gasteiger partial charge in [-0.2, -0.15) is 0 Å². The third-order valence-electron chi connectivity index (χ3n) is 6.91. The molecule has 0 saturated carbocycles. The van der Waals surface area contributed by atoms with Crippen LogP contribution in [-0.4, -0.2) is 66.7 Å². The second-order valence-electron chi connectivity index (χ2n) is 9.58. The summed E-state index contributed by atoms with van der Waals surface area (Å²) in [5.74, 6) is 0.789. The van der Waals surface area contributed by atoms with Gasteiger partial charge in [0.1, 0.15) is 18.0 Å². The van der Waals surface area contributed by atoms with Crippen LogP contribution < -0.4 is 28.6 Å². The SMILES string of the molecule is COc1ccc(OC)c(N(CC(=O)NCc2cccc(CN3CCCC3=O)c2)S(=O)(=O)c2ccc(OC)c(OC)c2)c1. The third-order valence-corrected chi connectivity index (χ3v) is 8.67. The highest BCUT2D eigenvalue weighted by atomic mass is 32.2. The molecule has 0 bridgehead atoms. The summed E-state index contributed by atoms with van der Waals surface area (Å²) in [4.78, 5) is 27.0. The van der Waals surface area contributed by atoms with E-state index >= 15 is 0 Å². The lowest BCUT2D eigenvalue weighted by molar-refractivity contribution is -0.128. The summed E-state index contributed by atoms with van der Waals surface area (Å²) >= 11 is 0. The van der Waals surface area contributed by atoms with Gasteiger partial charge in [-0.15, -0.1) is 0 Å². The fourth-order valence-corrected chi connectivity index (χ4v) is 6.15. The number of nitrogens with one attached hydrogen (secondary N) is 1. The van der Waals surface area contributed by atoms with Crippen LogP contribution >= 0.6 is 0 Å². The van der Waals surface area contributed by atoms with Crippen LogP contribution in [0.15, 0.2) is 65.6 Å². The number of benzene rings is 3. The van der Waals surface area contributed by atoms with E-state index in [2.05, 4.69) is 5.32 Å². The van der Waals surface area contributed by atoms with Gasteiger partial charge in [0.2, 0.25) is 11.8 Å². The molecule has 0 atom stereocenters. The third kappa shape index (κ3) is 6.88. The van der Waals surface area contributed by atoms with Crippen molar-refractivity contribution < 1.29 is 37.0 Å². The predicted octanol–water partition coefficient (Wildman–Crippen LogP) is 3.36. The lowest BCUT2D eigenvalue weighted by Crippen LogP contribution is -2.41. The summed E-state index contributed by atoms with van der Waals surface area (Å²) in [5, 5.41) is 2.82. The van der Waals surface area contributed by atoms with E-state index in [4.69, 9.17) is 18.9 Å². The zero-order valence-electron chi connectivity index (χ0n) is 24.1. The van der Waals surface area contributed by atoms with Crippen LogP contribution in [0.25, 0.3) is 0 Å². The molecule has 0 aliphatic carbocycles. The van der Waals surface area contributed by atoms with E-state index in [1.54, 1.807) is 12.1 Å². The average Bonchev–Trinajstić information content (AvgIpc) is 3.41. The summed E-state index contributed by atoms with van der Waals surface area (Å²) < 4.78 is 50.4. The van der Waals surface area contributed by atoms with Crippen molar-refractivity contribution in [3.63, 3.8) is 0 Å². The Kier molecular flexibility index (Phi) is 9.79. The molecule has 1 aliphatic rings. The maximum absolute atomic E-state index is 14.0. The minimum absolute atomic E-state index is 0.109. The molecule has 4 rings (SSSR count).